The number of thioether (sulfide) groups is 1. The fraction of sp³-hybridized carbons (Fsp3) is 0.909. The molecule has 2 nitrogen and oxygen atoms in total. The molecule has 0 bridgehead atoms. The zero-order valence-corrected chi connectivity index (χ0v) is 9.94. The Labute approximate surface area is 90.9 Å². The first kappa shape index (κ1) is 10.3. The van der Waals surface area contributed by atoms with E-state index >= 15 is 0 Å². The third kappa shape index (κ3) is 2.44. The molecule has 0 spiro atoms. The van der Waals surface area contributed by atoms with Gasteiger partial charge in [-0.05, 0) is 31.1 Å². The van der Waals surface area contributed by atoms with Crippen LogP contribution < -0.4 is 5.32 Å². The molecule has 14 heavy (non-hydrogen) atoms. The average Bonchev–Trinajstić information content (AvgIpc) is 2.64. The van der Waals surface area contributed by atoms with Gasteiger partial charge in [-0.25, -0.2) is 0 Å². The van der Waals surface area contributed by atoms with Crippen molar-refractivity contribution in [2.45, 2.75) is 39.2 Å². The Morgan fingerprint density at radius 1 is 1.29 bits per heavy atom. The highest BCUT2D eigenvalue weighted by atomic mass is 32.2. The van der Waals surface area contributed by atoms with Gasteiger partial charge in [0.2, 0.25) is 0 Å². The summed E-state index contributed by atoms with van der Waals surface area (Å²) < 4.78 is 0. The summed E-state index contributed by atoms with van der Waals surface area (Å²) in [7, 11) is 0. The van der Waals surface area contributed by atoms with Gasteiger partial charge in [0.1, 0.15) is 0 Å². The third-order valence-electron chi connectivity index (χ3n) is 3.51. The van der Waals surface area contributed by atoms with Gasteiger partial charge in [-0.1, -0.05) is 25.6 Å². The second-order valence-electron chi connectivity index (χ2n) is 4.64. The Balaban J connectivity index is 1.81. The second kappa shape index (κ2) is 4.56. The van der Waals surface area contributed by atoms with Crippen LogP contribution in [-0.2, 0) is 0 Å². The van der Waals surface area contributed by atoms with E-state index in [0.717, 1.165) is 18.4 Å². The molecule has 0 radical (unpaired) electrons. The van der Waals surface area contributed by atoms with Crippen LogP contribution in [0.15, 0.2) is 4.99 Å². The topological polar surface area (TPSA) is 24.4 Å². The van der Waals surface area contributed by atoms with E-state index in [9.17, 15) is 0 Å². The van der Waals surface area contributed by atoms with E-state index in [-0.39, 0.29) is 0 Å². The molecule has 0 aromatic rings. The number of nitrogens with zero attached hydrogens (tertiary/aromatic N) is 1. The second-order valence-corrected chi connectivity index (χ2v) is 5.73. The molecule has 1 heterocycles. The van der Waals surface area contributed by atoms with E-state index in [1.54, 1.807) is 0 Å². The normalized spacial score (nSPS) is 38.1. The van der Waals surface area contributed by atoms with Crippen LogP contribution in [0.1, 0.15) is 33.1 Å². The Bertz CT molecular complexity index is 227. The molecule has 1 aliphatic heterocycles. The molecular formula is C11H20N2S. The molecule has 0 aromatic carbocycles. The van der Waals surface area contributed by atoms with Gasteiger partial charge in [0.05, 0.1) is 6.54 Å². The predicted molar refractivity (Wildman–Crippen MR) is 63.9 cm³/mol. The average molecular weight is 212 g/mol. The molecule has 2 rings (SSSR count). The Morgan fingerprint density at radius 3 is 2.79 bits per heavy atom. The molecular weight excluding hydrogens is 192 g/mol. The Morgan fingerprint density at radius 2 is 2.14 bits per heavy atom. The van der Waals surface area contributed by atoms with E-state index in [1.807, 2.05) is 11.8 Å². The highest BCUT2D eigenvalue weighted by Crippen LogP contribution is 2.29. The van der Waals surface area contributed by atoms with Crippen molar-refractivity contribution < 1.29 is 0 Å². The van der Waals surface area contributed by atoms with Crippen molar-refractivity contribution in [2.75, 3.05) is 12.3 Å². The molecule has 1 saturated carbocycles. The van der Waals surface area contributed by atoms with Gasteiger partial charge in [0.25, 0.3) is 0 Å². The van der Waals surface area contributed by atoms with Gasteiger partial charge in [-0.2, -0.15) is 0 Å². The van der Waals surface area contributed by atoms with Crippen molar-refractivity contribution in [3.63, 3.8) is 0 Å². The summed E-state index contributed by atoms with van der Waals surface area (Å²) in [6.07, 6.45) is 4.02. The SMILES string of the molecule is CC1CCC(NC2=NCCS2)CC1C. The number of amidine groups is 1. The molecule has 2 aliphatic rings. The maximum absolute atomic E-state index is 4.44. The molecule has 80 valence electrons. The smallest absolute Gasteiger partial charge is 0.156 e. The van der Waals surface area contributed by atoms with Crippen molar-refractivity contribution >= 4 is 16.9 Å². The summed E-state index contributed by atoms with van der Waals surface area (Å²) in [5.74, 6) is 2.94. The number of nitrogens with one attached hydrogen (secondary N) is 1. The molecule has 3 heteroatoms. The lowest BCUT2D eigenvalue weighted by Crippen LogP contribution is -2.38. The minimum absolute atomic E-state index is 0.686. The highest BCUT2D eigenvalue weighted by Gasteiger charge is 2.25. The zero-order chi connectivity index (χ0) is 9.97. The third-order valence-corrected chi connectivity index (χ3v) is 4.42. The Hall–Kier alpha value is -0.180. The quantitative estimate of drug-likeness (QED) is 0.722. The summed E-state index contributed by atoms with van der Waals surface area (Å²) in [6, 6.07) is 0.686. The van der Waals surface area contributed by atoms with Crippen molar-refractivity contribution in [3.8, 4) is 0 Å². The first-order valence-electron chi connectivity index (χ1n) is 5.69. The molecule has 1 aliphatic carbocycles. The van der Waals surface area contributed by atoms with E-state index < -0.39 is 0 Å². The van der Waals surface area contributed by atoms with Crippen LogP contribution in [0.5, 0.6) is 0 Å². The van der Waals surface area contributed by atoms with E-state index in [4.69, 9.17) is 0 Å². The van der Waals surface area contributed by atoms with Gasteiger partial charge < -0.3 is 5.32 Å². The van der Waals surface area contributed by atoms with Crippen LogP contribution in [0.4, 0.5) is 0 Å². The summed E-state index contributed by atoms with van der Waals surface area (Å²) in [6.45, 7) is 5.76. The largest absolute Gasteiger partial charge is 0.362 e. The van der Waals surface area contributed by atoms with Crippen LogP contribution in [0.2, 0.25) is 0 Å². The molecule has 1 N–H and O–H groups in total. The number of hydrogen-bond acceptors (Lipinski definition) is 3. The maximum Gasteiger partial charge on any atom is 0.156 e. The summed E-state index contributed by atoms with van der Waals surface area (Å²) in [4.78, 5) is 4.44. The summed E-state index contributed by atoms with van der Waals surface area (Å²) in [5.41, 5.74) is 0. The minimum atomic E-state index is 0.686. The zero-order valence-electron chi connectivity index (χ0n) is 9.12. The van der Waals surface area contributed by atoms with E-state index in [1.165, 1.54) is 30.2 Å². The fourth-order valence-electron chi connectivity index (χ4n) is 2.28. The summed E-state index contributed by atoms with van der Waals surface area (Å²) >= 11 is 1.88. The van der Waals surface area contributed by atoms with Gasteiger partial charge >= 0.3 is 0 Å². The first-order chi connectivity index (χ1) is 6.75. The predicted octanol–water partition coefficient (Wildman–Crippen LogP) is 2.50. The van der Waals surface area contributed by atoms with Crippen molar-refractivity contribution in [1.29, 1.82) is 0 Å². The van der Waals surface area contributed by atoms with E-state index in [2.05, 4.69) is 24.2 Å². The van der Waals surface area contributed by atoms with Crippen molar-refractivity contribution in [3.05, 3.63) is 0 Å². The van der Waals surface area contributed by atoms with Gasteiger partial charge in [0, 0.05) is 11.8 Å². The van der Waals surface area contributed by atoms with Crippen molar-refractivity contribution in [1.82, 2.24) is 5.32 Å². The van der Waals surface area contributed by atoms with Gasteiger partial charge in [-0.15, -0.1) is 0 Å². The van der Waals surface area contributed by atoms with Gasteiger partial charge in [-0.3, -0.25) is 4.99 Å². The van der Waals surface area contributed by atoms with Crippen LogP contribution in [0.25, 0.3) is 0 Å². The van der Waals surface area contributed by atoms with Crippen LogP contribution >= 0.6 is 11.8 Å². The monoisotopic (exact) mass is 212 g/mol. The standard InChI is InChI=1S/C11H20N2S/c1-8-3-4-10(7-9(8)2)13-11-12-5-6-14-11/h8-10H,3-7H2,1-2H3,(H,12,13). The van der Waals surface area contributed by atoms with Crippen LogP contribution in [0.3, 0.4) is 0 Å². The highest BCUT2D eigenvalue weighted by molar-refractivity contribution is 8.14. The lowest BCUT2D eigenvalue weighted by Gasteiger charge is -2.32. The number of hydrogen-bond donors (Lipinski definition) is 1. The van der Waals surface area contributed by atoms with Crippen LogP contribution in [0, 0.1) is 11.8 Å². The maximum atomic E-state index is 4.44. The molecule has 0 amide bonds. The lowest BCUT2D eigenvalue weighted by atomic mass is 9.79. The van der Waals surface area contributed by atoms with Crippen molar-refractivity contribution in [2.24, 2.45) is 16.8 Å². The molecule has 3 unspecified atom stereocenters. The number of aliphatic imine (C=N–C) groups is 1. The Kier molecular flexibility index (Phi) is 3.37. The molecule has 0 aromatic heterocycles. The lowest BCUT2D eigenvalue weighted by molar-refractivity contribution is 0.241. The van der Waals surface area contributed by atoms with Crippen LogP contribution in [-0.4, -0.2) is 23.5 Å². The minimum Gasteiger partial charge on any atom is -0.362 e. The summed E-state index contributed by atoms with van der Waals surface area (Å²) in [5, 5.41) is 4.77. The first-order valence-corrected chi connectivity index (χ1v) is 6.68. The molecule has 3 atom stereocenters. The molecule has 1 fully saturated rings. The van der Waals surface area contributed by atoms with Gasteiger partial charge in [0.15, 0.2) is 5.17 Å². The number of rotatable bonds is 1. The fourth-order valence-corrected chi connectivity index (χ4v) is 3.08. The van der Waals surface area contributed by atoms with E-state index in [0.29, 0.717) is 6.04 Å². The molecule has 0 saturated heterocycles.